The quantitative estimate of drug-likeness (QED) is 0.565. The maximum atomic E-state index is 9.56. The molecule has 0 aromatic rings. The van der Waals surface area contributed by atoms with Gasteiger partial charge in [0.15, 0.2) is 0 Å². The molecule has 2 aliphatic rings. The number of nitrogens with zero attached hydrogens (tertiary/aromatic N) is 2. The summed E-state index contributed by atoms with van der Waals surface area (Å²) >= 11 is 0. The highest BCUT2D eigenvalue weighted by Gasteiger charge is 2.41. The Balaban J connectivity index is 2.11. The summed E-state index contributed by atoms with van der Waals surface area (Å²) in [4.78, 5) is 2.27. The topological polar surface area (TPSA) is 47.3 Å². The van der Waals surface area contributed by atoms with Gasteiger partial charge >= 0.3 is 0 Å². The van der Waals surface area contributed by atoms with E-state index >= 15 is 0 Å². The molecule has 0 bridgehead atoms. The average Bonchev–Trinajstić information content (AvgIpc) is 2.40. The SMILES string of the molecule is N#CC1C(O)CN2CCCCC12. The van der Waals surface area contributed by atoms with Gasteiger partial charge in [-0.3, -0.25) is 4.90 Å². The Hall–Kier alpha value is -0.590. The van der Waals surface area contributed by atoms with E-state index in [4.69, 9.17) is 5.26 Å². The lowest BCUT2D eigenvalue weighted by Crippen LogP contribution is -2.36. The fourth-order valence-corrected chi connectivity index (χ4v) is 2.43. The van der Waals surface area contributed by atoms with Gasteiger partial charge in [-0.2, -0.15) is 5.26 Å². The third-order valence-corrected chi connectivity index (χ3v) is 3.06. The van der Waals surface area contributed by atoms with Crippen LogP contribution in [0.25, 0.3) is 0 Å². The van der Waals surface area contributed by atoms with E-state index in [0.29, 0.717) is 12.6 Å². The number of aliphatic hydroxyl groups excluding tert-OH is 1. The van der Waals surface area contributed by atoms with E-state index in [-0.39, 0.29) is 5.92 Å². The molecule has 0 amide bonds. The number of hydrogen-bond acceptors (Lipinski definition) is 3. The van der Waals surface area contributed by atoms with Gasteiger partial charge in [0.1, 0.15) is 0 Å². The number of hydrogen-bond donors (Lipinski definition) is 1. The lowest BCUT2D eigenvalue weighted by atomic mass is 9.93. The minimum atomic E-state index is -0.405. The van der Waals surface area contributed by atoms with E-state index in [1.54, 1.807) is 0 Å². The predicted octanol–water partition coefficient (Wildman–Crippen LogP) is 0.355. The second-order valence-corrected chi connectivity index (χ2v) is 3.78. The minimum Gasteiger partial charge on any atom is -0.390 e. The van der Waals surface area contributed by atoms with Gasteiger partial charge in [0, 0.05) is 12.6 Å². The largest absolute Gasteiger partial charge is 0.390 e. The summed E-state index contributed by atoms with van der Waals surface area (Å²) in [6.07, 6.45) is 3.13. The molecular weight excluding hydrogens is 152 g/mol. The maximum Gasteiger partial charge on any atom is 0.0890 e. The van der Waals surface area contributed by atoms with Crippen LogP contribution >= 0.6 is 0 Å². The molecule has 3 unspecified atom stereocenters. The molecule has 3 atom stereocenters. The highest BCUT2D eigenvalue weighted by Crippen LogP contribution is 2.31. The summed E-state index contributed by atoms with van der Waals surface area (Å²) in [6, 6.07) is 2.57. The highest BCUT2D eigenvalue weighted by atomic mass is 16.3. The van der Waals surface area contributed by atoms with Gasteiger partial charge in [0.25, 0.3) is 0 Å². The Morgan fingerprint density at radius 2 is 2.25 bits per heavy atom. The molecule has 2 fully saturated rings. The van der Waals surface area contributed by atoms with E-state index in [1.807, 2.05) is 0 Å². The van der Waals surface area contributed by atoms with E-state index in [0.717, 1.165) is 13.0 Å². The lowest BCUT2D eigenvalue weighted by Gasteiger charge is -2.29. The Kier molecular flexibility index (Phi) is 2.03. The molecule has 0 saturated carbocycles. The van der Waals surface area contributed by atoms with Crippen molar-refractivity contribution >= 4 is 0 Å². The summed E-state index contributed by atoms with van der Waals surface area (Å²) in [5, 5.41) is 18.4. The van der Waals surface area contributed by atoms with Crippen molar-refractivity contribution in [3.8, 4) is 6.07 Å². The molecule has 2 heterocycles. The Bertz CT molecular complexity index is 211. The van der Waals surface area contributed by atoms with Gasteiger partial charge in [-0.25, -0.2) is 0 Å². The third-order valence-electron chi connectivity index (χ3n) is 3.06. The van der Waals surface area contributed by atoms with E-state index < -0.39 is 6.10 Å². The van der Waals surface area contributed by atoms with Crippen molar-refractivity contribution in [3.05, 3.63) is 0 Å². The predicted molar refractivity (Wildman–Crippen MR) is 44.3 cm³/mol. The molecule has 2 saturated heterocycles. The number of rotatable bonds is 0. The van der Waals surface area contributed by atoms with Crippen LogP contribution in [0.15, 0.2) is 0 Å². The third kappa shape index (κ3) is 1.12. The second-order valence-electron chi connectivity index (χ2n) is 3.78. The van der Waals surface area contributed by atoms with Crippen LogP contribution in [0, 0.1) is 17.2 Å². The molecule has 1 N–H and O–H groups in total. The number of aliphatic hydroxyl groups is 1. The van der Waals surface area contributed by atoms with Crippen molar-refractivity contribution in [2.45, 2.75) is 31.4 Å². The highest BCUT2D eigenvalue weighted by molar-refractivity contribution is 5.04. The average molecular weight is 166 g/mol. The van der Waals surface area contributed by atoms with Gasteiger partial charge in [0.2, 0.25) is 0 Å². The van der Waals surface area contributed by atoms with Gasteiger partial charge < -0.3 is 5.11 Å². The van der Waals surface area contributed by atoms with Crippen LogP contribution in [0.5, 0.6) is 0 Å². The molecule has 3 heteroatoms. The number of fused-ring (bicyclic) bond motifs is 1. The zero-order chi connectivity index (χ0) is 8.55. The monoisotopic (exact) mass is 166 g/mol. The molecule has 0 spiro atoms. The smallest absolute Gasteiger partial charge is 0.0890 e. The Morgan fingerprint density at radius 1 is 1.42 bits per heavy atom. The molecule has 66 valence electrons. The summed E-state index contributed by atoms with van der Waals surface area (Å²) in [5.41, 5.74) is 0. The Morgan fingerprint density at radius 3 is 3.00 bits per heavy atom. The van der Waals surface area contributed by atoms with Crippen LogP contribution in [0.4, 0.5) is 0 Å². The summed E-state index contributed by atoms with van der Waals surface area (Å²) in [7, 11) is 0. The van der Waals surface area contributed by atoms with Crippen LogP contribution in [0.1, 0.15) is 19.3 Å². The van der Waals surface area contributed by atoms with Gasteiger partial charge in [0.05, 0.1) is 18.1 Å². The zero-order valence-electron chi connectivity index (χ0n) is 7.11. The fraction of sp³-hybridized carbons (Fsp3) is 0.889. The molecule has 0 radical (unpaired) electrons. The van der Waals surface area contributed by atoms with Gasteiger partial charge in [-0.15, -0.1) is 0 Å². The van der Waals surface area contributed by atoms with Gasteiger partial charge in [-0.05, 0) is 19.4 Å². The molecule has 2 aliphatic heterocycles. The fourth-order valence-electron chi connectivity index (χ4n) is 2.43. The molecule has 0 aromatic carbocycles. The van der Waals surface area contributed by atoms with Crippen molar-refractivity contribution in [2.24, 2.45) is 5.92 Å². The molecule has 0 aliphatic carbocycles. The van der Waals surface area contributed by atoms with Crippen LogP contribution < -0.4 is 0 Å². The van der Waals surface area contributed by atoms with Crippen molar-refractivity contribution < 1.29 is 5.11 Å². The van der Waals surface area contributed by atoms with Crippen LogP contribution in [-0.4, -0.2) is 35.2 Å². The van der Waals surface area contributed by atoms with Crippen LogP contribution in [-0.2, 0) is 0 Å². The maximum absolute atomic E-state index is 9.56. The standard InChI is InChI=1S/C9H14N2O/c10-5-7-8-3-1-2-4-11(8)6-9(7)12/h7-9,12H,1-4,6H2. The van der Waals surface area contributed by atoms with Crippen molar-refractivity contribution in [2.75, 3.05) is 13.1 Å². The van der Waals surface area contributed by atoms with E-state index in [9.17, 15) is 5.11 Å². The normalized spacial score (nSPS) is 42.2. The number of piperidine rings is 1. The van der Waals surface area contributed by atoms with Crippen molar-refractivity contribution in [1.29, 1.82) is 5.26 Å². The Labute approximate surface area is 72.6 Å². The molecule has 12 heavy (non-hydrogen) atoms. The zero-order valence-corrected chi connectivity index (χ0v) is 7.11. The molecule has 2 rings (SSSR count). The van der Waals surface area contributed by atoms with E-state index in [2.05, 4.69) is 11.0 Å². The van der Waals surface area contributed by atoms with E-state index in [1.165, 1.54) is 12.8 Å². The first-order valence-corrected chi connectivity index (χ1v) is 4.64. The lowest BCUT2D eigenvalue weighted by molar-refractivity contribution is 0.159. The summed E-state index contributed by atoms with van der Waals surface area (Å²) in [6.45, 7) is 1.78. The molecular formula is C9H14N2O. The minimum absolute atomic E-state index is 0.134. The summed E-state index contributed by atoms with van der Waals surface area (Å²) in [5.74, 6) is -0.134. The number of nitriles is 1. The first-order valence-electron chi connectivity index (χ1n) is 4.64. The van der Waals surface area contributed by atoms with Crippen LogP contribution in [0.2, 0.25) is 0 Å². The summed E-state index contributed by atoms with van der Waals surface area (Å²) < 4.78 is 0. The molecule has 3 nitrogen and oxygen atoms in total. The first kappa shape index (κ1) is 8.03. The van der Waals surface area contributed by atoms with Crippen molar-refractivity contribution in [1.82, 2.24) is 4.90 Å². The second kappa shape index (κ2) is 3.04. The van der Waals surface area contributed by atoms with Gasteiger partial charge in [-0.1, -0.05) is 6.42 Å². The first-order chi connectivity index (χ1) is 5.83. The van der Waals surface area contributed by atoms with Crippen LogP contribution in [0.3, 0.4) is 0 Å². The van der Waals surface area contributed by atoms with Crippen molar-refractivity contribution in [3.63, 3.8) is 0 Å². The molecule has 0 aromatic heterocycles.